The SMILES string of the molecule is CCOc1cc(/C=N\NC(=O)[C@@H](CC(C)C)NC(=O)COc2ccccc2C)cc(I)c1OCC(=O)O. The zero-order valence-corrected chi connectivity index (χ0v) is 23.4. The highest BCUT2D eigenvalue weighted by Crippen LogP contribution is 2.33. The van der Waals surface area contributed by atoms with Crippen molar-refractivity contribution in [2.45, 2.75) is 40.2 Å². The largest absolute Gasteiger partial charge is 0.490 e. The highest BCUT2D eigenvalue weighted by Gasteiger charge is 2.22. The summed E-state index contributed by atoms with van der Waals surface area (Å²) in [5.41, 5.74) is 3.98. The highest BCUT2D eigenvalue weighted by molar-refractivity contribution is 14.1. The van der Waals surface area contributed by atoms with Crippen LogP contribution in [0.1, 0.15) is 38.3 Å². The fourth-order valence-electron chi connectivity index (χ4n) is 3.25. The number of nitrogens with zero attached hydrogens (tertiary/aromatic N) is 1. The average molecular weight is 625 g/mol. The summed E-state index contributed by atoms with van der Waals surface area (Å²) in [6.45, 7) is 7.21. The van der Waals surface area contributed by atoms with Crippen molar-refractivity contribution in [2.24, 2.45) is 11.0 Å². The van der Waals surface area contributed by atoms with Gasteiger partial charge in [0.1, 0.15) is 11.8 Å². The summed E-state index contributed by atoms with van der Waals surface area (Å²) in [6, 6.07) is 9.92. The Morgan fingerprint density at radius 3 is 2.46 bits per heavy atom. The molecule has 3 N–H and O–H groups in total. The third-order valence-corrected chi connectivity index (χ3v) is 5.67. The minimum Gasteiger partial charge on any atom is -0.490 e. The van der Waals surface area contributed by atoms with Crippen LogP contribution < -0.4 is 25.0 Å². The van der Waals surface area contributed by atoms with E-state index in [0.29, 0.717) is 39.4 Å². The van der Waals surface area contributed by atoms with Crippen LogP contribution in [0.5, 0.6) is 17.2 Å². The predicted molar refractivity (Wildman–Crippen MR) is 147 cm³/mol. The molecular weight excluding hydrogens is 593 g/mol. The number of nitrogens with one attached hydrogen (secondary N) is 2. The first-order chi connectivity index (χ1) is 17.6. The minimum absolute atomic E-state index is 0.144. The Labute approximate surface area is 229 Å². The van der Waals surface area contributed by atoms with Gasteiger partial charge in [0.15, 0.2) is 24.7 Å². The number of carboxylic acid groups (broad SMARTS) is 1. The van der Waals surface area contributed by atoms with Crippen LogP contribution in [-0.4, -0.2) is 55.0 Å². The molecule has 0 heterocycles. The molecule has 0 spiro atoms. The van der Waals surface area contributed by atoms with E-state index >= 15 is 0 Å². The Hall–Kier alpha value is -3.35. The molecule has 11 heteroatoms. The van der Waals surface area contributed by atoms with Crippen LogP contribution >= 0.6 is 22.6 Å². The van der Waals surface area contributed by atoms with E-state index in [1.54, 1.807) is 25.1 Å². The van der Waals surface area contributed by atoms with Crippen LogP contribution in [-0.2, 0) is 14.4 Å². The van der Waals surface area contributed by atoms with Crippen molar-refractivity contribution in [3.8, 4) is 17.2 Å². The third kappa shape index (κ3) is 10.3. The summed E-state index contributed by atoms with van der Waals surface area (Å²) in [4.78, 5) is 36.1. The van der Waals surface area contributed by atoms with Crippen molar-refractivity contribution in [1.82, 2.24) is 10.7 Å². The van der Waals surface area contributed by atoms with E-state index in [-0.39, 0.29) is 12.5 Å². The Kier molecular flexibility index (Phi) is 12.1. The van der Waals surface area contributed by atoms with Crippen LogP contribution in [0, 0.1) is 16.4 Å². The summed E-state index contributed by atoms with van der Waals surface area (Å²) in [5.74, 6) is -0.549. The zero-order chi connectivity index (χ0) is 27.4. The number of amides is 2. The number of carboxylic acids is 1. The Bertz CT molecular complexity index is 1120. The van der Waals surface area contributed by atoms with Crippen LogP contribution in [0.2, 0.25) is 0 Å². The third-order valence-electron chi connectivity index (χ3n) is 4.87. The summed E-state index contributed by atoms with van der Waals surface area (Å²) in [6.07, 6.45) is 1.85. The lowest BCUT2D eigenvalue weighted by atomic mass is 10.0. The molecular formula is C26H32IN3O7. The second-order valence-corrected chi connectivity index (χ2v) is 9.65. The molecule has 0 aliphatic rings. The summed E-state index contributed by atoms with van der Waals surface area (Å²) in [5, 5.41) is 15.6. The number of ether oxygens (including phenoxy) is 3. The van der Waals surface area contributed by atoms with Crippen molar-refractivity contribution >= 4 is 46.6 Å². The number of hydrogen-bond acceptors (Lipinski definition) is 7. The smallest absolute Gasteiger partial charge is 0.341 e. The molecule has 0 fully saturated rings. The number of hydrazone groups is 1. The number of para-hydroxylation sites is 1. The Morgan fingerprint density at radius 1 is 1.08 bits per heavy atom. The van der Waals surface area contributed by atoms with E-state index in [2.05, 4.69) is 15.8 Å². The number of benzene rings is 2. The normalized spacial score (nSPS) is 11.7. The van der Waals surface area contributed by atoms with Gasteiger partial charge in [-0.1, -0.05) is 32.0 Å². The van der Waals surface area contributed by atoms with E-state index in [0.717, 1.165) is 5.56 Å². The van der Waals surface area contributed by atoms with Crippen molar-refractivity contribution in [3.05, 3.63) is 51.1 Å². The van der Waals surface area contributed by atoms with Gasteiger partial charge in [0, 0.05) is 0 Å². The van der Waals surface area contributed by atoms with Crippen molar-refractivity contribution in [3.63, 3.8) is 0 Å². The number of carbonyl (C=O) groups is 3. The molecule has 0 bridgehead atoms. The molecule has 2 aromatic rings. The van der Waals surface area contributed by atoms with Gasteiger partial charge in [-0.05, 0) is 78.1 Å². The number of aryl methyl sites for hydroxylation is 1. The molecule has 0 saturated carbocycles. The number of aliphatic carboxylic acids is 1. The lowest BCUT2D eigenvalue weighted by Gasteiger charge is -2.19. The van der Waals surface area contributed by atoms with Gasteiger partial charge < -0.3 is 24.6 Å². The van der Waals surface area contributed by atoms with E-state index in [1.165, 1.54) is 6.21 Å². The second-order valence-electron chi connectivity index (χ2n) is 8.48. The van der Waals surface area contributed by atoms with Crippen LogP contribution in [0.4, 0.5) is 0 Å². The molecule has 0 aliphatic heterocycles. The molecule has 0 radical (unpaired) electrons. The van der Waals surface area contributed by atoms with Gasteiger partial charge in [-0.25, -0.2) is 10.2 Å². The maximum Gasteiger partial charge on any atom is 0.341 e. The molecule has 0 saturated heterocycles. The second kappa shape index (κ2) is 15.0. The Balaban J connectivity index is 2.04. The van der Waals surface area contributed by atoms with Gasteiger partial charge in [0.25, 0.3) is 11.8 Å². The molecule has 2 rings (SSSR count). The van der Waals surface area contributed by atoms with Crippen LogP contribution in [0.15, 0.2) is 41.5 Å². The summed E-state index contributed by atoms with van der Waals surface area (Å²) >= 11 is 2.01. The maximum atomic E-state index is 12.8. The minimum atomic E-state index is -1.10. The molecule has 0 unspecified atom stereocenters. The summed E-state index contributed by atoms with van der Waals surface area (Å²) < 4.78 is 17.1. The zero-order valence-electron chi connectivity index (χ0n) is 21.2. The molecule has 10 nitrogen and oxygen atoms in total. The topological polar surface area (TPSA) is 136 Å². The fourth-order valence-corrected chi connectivity index (χ4v) is 4.03. The molecule has 0 aromatic heterocycles. The number of halogens is 1. The van der Waals surface area contributed by atoms with Gasteiger partial charge >= 0.3 is 5.97 Å². The molecule has 1 atom stereocenters. The first-order valence-electron chi connectivity index (χ1n) is 11.7. The monoisotopic (exact) mass is 625 g/mol. The number of rotatable bonds is 14. The fraction of sp³-hybridized carbons (Fsp3) is 0.385. The van der Waals surface area contributed by atoms with Gasteiger partial charge in [-0.3, -0.25) is 9.59 Å². The molecule has 200 valence electrons. The lowest BCUT2D eigenvalue weighted by Crippen LogP contribution is -2.47. The standard InChI is InChI=1S/C26H32IN3O7/c1-5-35-22-12-18(11-19(27)25(22)37-15-24(32)33)13-28-30-26(34)20(10-16(2)3)29-23(31)14-36-21-9-7-6-8-17(21)4/h6-9,11-13,16,20H,5,10,14-15H2,1-4H3,(H,29,31)(H,30,34)(H,32,33)/b28-13-/t20-/m1/s1. The number of carbonyl (C=O) groups excluding carboxylic acids is 2. The first kappa shape index (κ1) is 29.9. The molecule has 2 amide bonds. The van der Waals surface area contributed by atoms with Crippen molar-refractivity contribution in [1.29, 1.82) is 0 Å². The number of hydrogen-bond donors (Lipinski definition) is 3. The van der Waals surface area contributed by atoms with Crippen molar-refractivity contribution in [2.75, 3.05) is 19.8 Å². The van der Waals surface area contributed by atoms with E-state index < -0.39 is 30.4 Å². The maximum absolute atomic E-state index is 12.8. The molecule has 37 heavy (non-hydrogen) atoms. The van der Waals surface area contributed by atoms with Gasteiger partial charge in [-0.15, -0.1) is 0 Å². The van der Waals surface area contributed by atoms with Gasteiger partial charge in [-0.2, -0.15) is 5.10 Å². The Morgan fingerprint density at radius 2 is 1.81 bits per heavy atom. The van der Waals surface area contributed by atoms with Crippen LogP contribution in [0.3, 0.4) is 0 Å². The van der Waals surface area contributed by atoms with E-state index in [4.69, 9.17) is 19.3 Å². The van der Waals surface area contributed by atoms with Crippen LogP contribution in [0.25, 0.3) is 0 Å². The molecule has 2 aromatic carbocycles. The predicted octanol–water partition coefficient (Wildman–Crippen LogP) is 3.52. The first-order valence-corrected chi connectivity index (χ1v) is 12.8. The summed E-state index contributed by atoms with van der Waals surface area (Å²) in [7, 11) is 0. The quantitative estimate of drug-likeness (QED) is 0.166. The van der Waals surface area contributed by atoms with E-state index in [1.807, 2.05) is 61.6 Å². The van der Waals surface area contributed by atoms with Gasteiger partial charge in [0.2, 0.25) is 0 Å². The van der Waals surface area contributed by atoms with E-state index in [9.17, 15) is 14.4 Å². The van der Waals surface area contributed by atoms with Gasteiger partial charge in [0.05, 0.1) is 16.4 Å². The highest BCUT2D eigenvalue weighted by atomic mass is 127. The van der Waals surface area contributed by atoms with Crippen molar-refractivity contribution < 1.29 is 33.7 Å². The molecule has 0 aliphatic carbocycles. The average Bonchev–Trinajstić information content (AvgIpc) is 2.82. The lowest BCUT2D eigenvalue weighted by molar-refractivity contribution is -0.139.